The number of anilines is 2. The Morgan fingerprint density at radius 1 is 1.40 bits per heavy atom. The molecule has 0 atom stereocenters. The highest BCUT2D eigenvalue weighted by molar-refractivity contribution is 7.17. The molecule has 0 saturated carbocycles. The largest absolute Gasteiger partial charge is 0.464 e. The molecule has 7 heteroatoms. The van der Waals surface area contributed by atoms with Gasteiger partial charge in [0.05, 0.1) is 18.5 Å². The number of Topliss-reactive ketones (excluding diaryl/α,β-unsaturated/α-hetero) is 1. The number of pyridine rings is 1. The Bertz CT molecular complexity index is 667. The van der Waals surface area contributed by atoms with Crippen molar-refractivity contribution in [1.82, 2.24) is 9.97 Å². The van der Waals surface area contributed by atoms with E-state index < -0.39 is 5.97 Å². The van der Waals surface area contributed by atoms with Crippen molar-refractivity contribution in [3.05, 3.63) is 34.6 Å². The number of aryl methyl sites for hydroxylation is 1. The van der Waals surface area contributed by atoms with Crippen LogP contribution >= 0.6 is 11.3 Å². The van der Waals surface area contributed by atoms with Crippen molar-refractivity contribution in [2.45, 2.75) is 13.8 Å². The third-order valence-electron chi connectivity index (χ3n) is 2.57. The van der Waals surface area contributed by atoms with Gasteiger partial charge in [-0.15, -0.1) is 0 Å². The summed E-state index contributed by atoms with van der Waals surface area (Å²) < 4.78 is 4.63. The summed E-state index contributed by atoms with van der Waals surface area (Å²) in [6.07, 6.45) is 1.68. The number of hydrogen-bond donors (Lipinski definition) is 1. The Balaban J connectivity index is 2.37. The number of thiazole rings is 1. The number of hydrogen-bond acceptors (Lipinski definition) is 7. The molecular weight excluding hydrogens is 278 g/mol. The minimum Gasteiger partial charge on any atom is -0.464 e. The first-order valence-corrected chi connectivity index (χ1v) is 6.63. The molecular formula is C13H13N3O3S. The number of methoxy groups -OCH3 is 1. The summed E-state index contributed by atoms with van der Waals surface area (Å²) in [7, 11) is 1.25. The van der Waals surface area contributed by atoms with Crippen molar-refractivity contribution in [2.24, 2.45) is 0 Å². The molecule has 0 saturated heterocycles. The maximum atomic E-state index is 11.6. The number of carbonyl (C=O) groups excluding carboxylic acids is 2. The zero-order valence-electron chi connectivity index (χ0n) is 11.3. The molecule has 0 spiro atoms. The summed E-state index contributed by atoms with van der Waals surface area (Å²) in [5.41, 5.74) is 1.61. The molecule has 0 radical (unpaired) electrons. The maximum absolute atomic E-state index is 11.6. The fourth-order valence-electron chi connectivity index (χ4n) is 1.58. The summed E-state index contributed by atoms with van der Waals surface area (Å²) in [5, 5.41) is 3.50. The molecule has 1 N–H and O–H groups in total. The second-order valence-electron chi connectivity index (χ2n) is 4.01. The van der Waals surface area contributed by atoms with Gasteiger partial charge in [-0.3, -0.25) is 9.78 Å². The summed E-state index contributed by atoms with van der Waals surface area (Å²) in [4.78, 5) is 31.7. The van der Waals surface area contributed by atoms with Gasteiger partial charge in [-0.2, -0.15) is 0 Å². The third-order valence-corrected chi connectivity index (χ3v) is 3.65. The summed E-state index contributed by atoms with van der Waals surface area (Å²) >= 11 is 1.11. The highest BCUT2D eigenvalue weighted by Gasteiger charge is 2.22. The summed E-state index contributed by atoms with van der Waals surface area (Å²) in [6, 6.07) is 3.63. The van der Waals surface area contributed by atoms with Crippen LogP contribution < -0.4 is 5.32 Å². The van der Waals surface area contributed by atoms with Gasteiger partial charge in [0, 0.05) is 13.1 Å². The molecule has 0 fully saturated rings. The first-order valence-electron chi connectivity index (χ1n) is 5.81. The number of nitrogens with zero attached hydrogens (tertiary/aromatic N) is 2. The van der Waals surface area contributed by atoms with Crippen molar-refractivity contribution in [3.8, 4) is 0 Å². The zero-order valence-corrected chi connectivity index (χ0v) is 12.1. The van der Waals surface area contributed by atoms with E-state index in [0.717, 1.165) is 22.7 Å². The smallest absolute Gasteiger partial charge is 0.358 e. The lowest BCUT2D eigenvalue weighted by Crippen LogP contribution is -2.07. The van der Waals surface area contributed by atoms with E-state index in [2.05, 4.69) is 20.0 Å². The van der Waals surface area contributed by atoms with Crippen LogP contribution in [0.3, 0.4) is 0 Å². The number of carbonyl (C=O) groups is 2. The van der Waals surface area contributed by atoms with Gasteiger partial charge in [-0.25, -0.2) is 9.78 Å². The van der Waals surface area contributed by atoms with Crippen LogP contribution in [-0.2, 0) is 4.74 Å². The van der Waals surface area contributed by atoms with Gasteiger partial charge in [0.15, 0.2) is 16.6 Å². The Hall–Kier alpha value is -2.28. The molecule has 2 rings (SSSR count). The molecule has 2 heterocycles. The van der Waals surface area contributed by atoms with Gasteiger partial charge >= 0.3 is 5.97 Å². The second kappa shape index (κ2) is 5.79. The van der Waals surface area contributed by atoms with Crippen LogP contribution in [0.5, 0.6) is 0 Å². The van der Waals surface area contributed by atoms with E-state index in [1.165, 1.54) is 14.0 Å². The summed E-state index contributed by atoms with van der Waals surface area (Å²) in [5.74, 6) is -0.846. The fourth-order valence-corrected chi connectivity index (χ4v) is 2.44. The Morgan fingerprint density at radius 2 is 2.15 bits per heavy atom. The number of ketones is 1. The molecule has 0 aliphatic carbocycles. The van der Waals surface area contributed by atoms with E-state index in [4.69, 9.17) is 0 Å². The molecule has 2 aromatic rings. The van der Waals surface area contributed by atoms with Crippen molar-refractivity contribution in [1.29, 1.82) is 0 Å². The highest BCUT2D eigenvalue weighted by Crippen LogP contribution is 2.27. The van der Waals surface area contributed by atoms with Crippen molar-refractivity contribution in [3.63, 3.8) is 0 Å². The predicted octanol–water partition coefficient (Wildman–Crippen LogP) is 2.58. The first kappa shape index (κ1) is 14.1. The maximum Gasteiger partial charge on any atom is 0.358 e. The van der Waals surface area contributed by atoms with Gasteiger partial charge in [-0.05, 0) is 19.1 Å². The normalized spacial score (nSPS) is 10.2. The van der Waals surface area contributed by atoms with E-state index in [-0.39, 0.29) is 16.4 Å². The minimum absolute atomic E-state index is 0.0362. The van der Waals surface area contributed by atoms with E-state index in [0.29, 0.717) is 5.13 Å². The lowest BCUT2D eigenvalue weighted by atomic mass is 10.3. The van der Waals surface area contributed by atoms with Gasteiger partial charge in [0.25, 0.3) is 0 Å². The average molecular weight is 291 g/mol. The molecule has 104 valence electrons. The molecule has 0 bridgehead atoms. The standard InChI is InChI=1S/C13H13N3O3S/c1-7-9(5-4-6-14-7)15-13-16-10(12(18)19-3)11(20-13)8(2)17/h4-6H,1-3H3,(H,15,16). The van der Waals surface area contributed by atoms with Crippen LogP contribution in [0.2, 0.25) is 0 Å². The topological polar surface area (TPSA) is 81.2 Å². The van der Waals surface area contributed by atoms with E-state index >= 15 is 0 Å². The predicted molar refractivity (Wildman–Crippen MR) is 75.7 cm³/mol. The minimum atomic E-state index is -0.623. The van der Waals surface area contributed by atoms with Crippen LogP contribution in [0.25, 0.3) is 0 Å². The van der Waals surface area contributed by atoms with Gasteiger partial charge in [0.2, 0.25) is 0 Å². The first-order chi connectivity index (χ1) is 9.52. The molecule has 0 amide bonds. The third kappa shape index (κ3) is 2.83. The Kier molecular flexibility index (Phi) is 4.09. The lowest BCUT2D eigenvalue weighted by Gasteiger charge is -2.04. The van der Waals surface area contributed by atoms with E-state index in [1.807, 2.05) is 13.0 Å². The molecule has 0 aliphatic heterocycles. The molecule has 20 heavy (non-hydrogen) atoms. The molecule has 0 unspecified atom stereocenters. The van der Waals surface area contributed by atoms with Crippen LogP contribution in [0.15, 0.2) is 18.3 Å². The molecule has 6 nitrogen and oxygen atoms in total. The van der Waals surface area contributed by atoms with E-state index in [9.17, 15) is 9.59 Å². The van der Waals surface area contributed by atoms with Crippen molar-refractivity contribution in [2.75, 3.05) is 12.4 Å². The van der Waals surface area contributed by atoms with Gasteiger partial charge in [-0.1, -0.05) is 11.3 Å². The molecule has 2 aromatic heterocycles. The van der Waals surface area contributed by atoms with Crippen LogP contribution in [0.4, 0.5) is 10.8 Å². The number of aromatic nitrogens is 2. The number of esters is 1. The van der Waals surface area contributed by atoms with Crippen LogP contribution in [0, 0.1) is 6.92 Å². The van der Waals surface area contributed by atoms with Crippen LogP contribution in [0.1, 0.15) is 32.8 Å². The van der Waals surface area contributed by atoms with Crippen LogP contribution in [-0.4, -0.2) is 28.8 Å². The second-order valence-corrected chi connectivity index (χ2v) is 5.00. The zero-order chi connectivity index (χ0) is 14.7. The van der Waals surface area contributed by atoms with Crippen molar-refractivity contribution >= 4 is 33.9 Å². The van der Waals surface area contributed by atoms with E-state index in [1.54, 1.807) is 12.3 Å². The number of ether oxygens (including phenoxy) is 1. The highest BCUT2D eigenvalue weighted by atomic mass is 32.1. The quantitative estimate of drug-likeness (QED) is 0.688. The Morgan fingerprint density at radius 3 is 2.75 bits per heavy atom. The number of rotatable bonds is 4. The summed E-state index contributed by atoms with van der Waals surface area (Å²) in [6.45, 7) is 3.24. The number of nitrogens with one attached hydrogen (secondary N) is 1. The fraction of sp³-hybridized carbons (Fsp3) is 0.231. The SMILES string of the molecule is COC(=O)c1nc(Nc2cccnc2C)sc1C(C)=O. The lowest BCUT2D eigenvalue weighted by molar-refractivity contribution is 0.0591. The monoisotopic (exact) mass is 291 g/mol. The van der Waals surface area contributed by atoms with Gasteiger partial charge in [0.1, 0.15) is 4.88 Å². The Labute approximate surface area is 119 Å². The van der Waals surface area contributed by atoms with Gasteiger partial charge < -0.3 is 10.1 Å². The van der Waals surface area contributed by atoms with Crippen molar-refractivity contribution < 1.29 is 14.3 Å². The average Bonchev–Trinajstić information content (AvgIpc) is 2.85. The molecule has 0 aromatic carbocycles. The molecule has 0 aliphatic rings.